The van der Waals surface area contributed by atoms with Gasteiger partial charge in [-0.1, -0.05) is 30.4 Å². The fourth-order valence-corrected chi connectivity index (χ4v) is 5.49. The van der Waals surface area contributed by atoms with Gasteiger partial charge in [0.15, 0.2) is 3.92 Å². The molecule has 0 aliphatic carbocycles. The molecule has 0 radical (unpaired) electrons. The molecule has 0 atom stereocenters. The van der Waals surface area contributed by atoms with Crippen molar-refractivity contribution in [3.63, 3.8) is 0 Å². The van der Waals surface area contributed by atoms with Crippen molar-refractivity contribution in [2.45, 2.75) is 32.7 Å². The predicted molar refractivity (Wildman–Crippen MR) is 129 cm³/mol. The molecule has 1 fully saturated rings. The lowest BCUT2D eigenvalue weighted by molar-refractivity contribution is -0.126. The van der Waals surface area contributed by atoms with Gasteiger partial charge in [0.05, 0.1) is 7.11 Å². The molecule has 2 aromatic heterocycles. The average molecular weight is 519 g/mol. The van der Waals surface area contributed by atoms with E-state index in [0.717, 1.165) is 32.0 Å². The Bertz CT molecular complexity index is 1100. The third-order valence-electron chi connectivity index (χ3n) is 5.84. The highest BCUT2D eigenvalue weighted by Crippen LogP contribution is 2.31. The lowest BCUT2D eigenvalue weighted by Gasteiger charge is -2.31. The van der Waals surface area contributed by atoms with Crippen molar-refractivity contribution < 1.29 is 14.3 Å². The number of piperidine rings is 1. The first-order valence-corrected chi connectivity index (χ1v) is 12.5. The number of benzene rings is 1. The van der Waals surface area contributed by atoms with E-state index in [1.807, 2.05) is 46.7 Å². The van der Waals surface area contributed by atoms with E-state index in [2.05, 4.69) is 26.2 Å². The molecule has 1 aromatic carbocycles. The van der Waals surface area contributed by atoms with Gasteiger partial charge in [0.1, 0.15) is 21.8 Å². The normalized spacial score (nSPS) is 14.7. The minimum absolute atomic E-state index is 0.00718. The molecular weight excluding hydrogens is 492 g/mol. The molecule has 4 rings (SSSR count). The highest BCUT2D eigenvalue weighted by Gasteiger charge is 2.30. The summed E-state index contributed by atoms with van der Waals surface area (Å²) in [6.07, 6.45) is 2.31. The molecule has 2 amide bonds. The molecule has 9 heteroatoms. The Morgan fingerprint density at radius 3 is 2.62 bits per heavy atom. The van der Waals surface area contributed by atoms with Gasteiger partial charge in [-0.25, -0.2) is 4.98 Å². The first kappa shape index (κ1) is 22.8. The van der Waals surface area contributed by atoms with Gasteiger partial charge in [-0.3, -0.25) is 9.59 Å². The van der Waals surface area contributed by atoms with Crippen molar-refractivity contribution in [2.24, 2.45) is 5.92 Å². The van der Waals surface area contributed by atoms with Crippen LogP contribution in [0.4, 0.5) is 0 Å². The minimum atomic E-state index is -0.0159. The van der Waals surface area contributed by atoms with Gasteiger partial charge >= 0.3 is 0 Å². The molecular formula is C23H27BrN4O3S. The first-order valence-electron chi connectivity index (χ1n) is 10.9. The summed E-state index contributed by atoms with van der Waals surface area (Å²) >= 11 is 4.99. The predicted octanol–water partition coefficient (Wildman–Crippen LogP) is 4.30. The van der Waals surface area contributed by atoms with Gasteiger partial charge in [-0.05, 0) is 59.0 Å². The molecule has 0 spiro atoms. The van der Waals surface area contributed by atoms with E-state index in [1.54, 1.807) is 7.11 Å². The number of likely N-dealkylation sites (tertiary alicyclic amines) is 1. The number of thiazole rings is 1. The molecule has 1 N–H and O–H groups in total. The van der Waals surface area contributed by atoms with Crippen LogP contribution < -0.4 is 10.1 Å². The number of hydrogen-bond acceptors (Lipinski definition) is 5. The van der Waals surface area contributed by atoms with Crippen LogP contribution in [-0.2, 0) is 11.3 Å². The number of rotatable bonds is 7. The standard InChI is InChI=1S/C23H27BrN4O3S/c1-3-10-25-20(29)16-8-11-27(12-9-16)21(30)19-13-18-22(32-23(24)26-18)28(19)14-15-4-6-17(31-2)7-5-15/h4-7,13,16H,3,8-12,14H2,1-2H3,(H,25,29). The lowest BCUT2D eigenvalue weighted by Crippen LogP contribution is -2.43. The Hall–Kier alpha value is -2.39. The van der Waals surface area contributed by atoms with E-state index in [0.29, 0.717) is 44.7 Å². The summed E-state index contributed by atoms with van der Waals surface area (Å²) in [6, 6.07) is 9.75. The van der Waals surface area contributed by atoms with Crippen molar-refractivity contribution in [3.8, 4) is 5.75 Å². The second-order valence-electron chi connectivity index (χ2n) is 7.98. The van der Waals surface area contributed by atoms with Crippen molar-refractivity contribution >= 4 is 49.4 Å². The number of aromatic nitrogens is 2. The molecule has 170 valence electrons. The van der Waals surface area contributed by atoms with Gasteiger partial charge in [-0.2, -0.15) is 0 Å². The Balaban J connectivity index is 1.53. The van der Waals surface area contributed by atoms with Crippen molar-refractivity contribution in [2.75, 3.05) is 26.7 Å². The van der Waals surface area contributed by atoms with E-state index in [9.17, 15) is 9.59 Å². The Morgan fingerprint density at radius 2 is 1.97 bits per heavy atom. The fraction of sp³-hybridized carbons (Fsp3) is 0.435. The van der Waals surface area contributed by atoms with Crippen LogP contribution >= 0.6 is 27.3 Å². The molecule has 1 saturated heterocycles. The smallest absolute Gasteiger partial charge is 0.270 e. The summed E-state index contributed by atoms with van der Waals surface area (Å²) in [6.45, 7) is 4.49. The number of carbonyl (C=O) groups excluding carboxylic acids is 2. The maximum absolute atomic E-state index is 13.5. The summed E-state index contributed by atoms with van der Waals surface area (Å²) in [5.41, 5.74) is 2.52. The quantitative estimate of drug-likeness (QED) is 0.505. The molecule has 3 aromatic rings. The van der Waals surface area contributed by atoms with Crippen molar-refractivity contribution in [1.82, 2.24) is 19.8 Å². The SMILES string of the molecule is CCCNC(=O)C1CCN(C(=O)c2cc3nc(Br)sc3n2Cc2ccc(OC)cc2)CC1. The average Bonchev–Trinajstić information content (AvgIpc) is 3.34. The van der Waals surface area contributed by atoms with E-state index in [-0.39, 0.29) is 17.7 Å². The van der Waals surface area contributed by atoms with Crippen LogP contribution in [0.3, 0.4) is 0 Å². The maximum Gasteiger partial charge on any atom is 0.270 e. The Labute approximate surface area is 199 Å². The van der Waals surface area contributed by atoms with Crippen LogP contribution in [0.2, 0.25) is 0 Å². The third-order valence-corrected chi connectivity index (χ3v) is 7.38. The van der Waals surface area contributed by atoms with E-state index in [4.69, 9.17) is 4.74 Å². The lowest BCUT2D eigenvalue weighted by atomic mass is 9.95. The number of fused-ring (bicyclic) bond motifs is 1. The number of nitrogens with one attached hydrogen (secondary N) is 1. The van der Waals surface area contributed by atoms with Crippen LogP contribution in [-0.4, -0.2) is 53.0 Å². The van der Waals surface area contributed by atoms with Crippen LogP contribution in [0.25, 0.3) is 10.3 Å². The van der Waals surface area contributed by atoms with Gasteiger partial charge in [0.25, 0.3) is 5.91 Å². The summed E-state index contributed by atoms with van der Waals surface area (Å²) in [4.78, 5) is 33.1. The number of methoxy groups -OCH3 is 1. The zero-order valence-corrected chi connectivity index (χ0v) is 20.7. The fourth-order valence-electron chi connectivity index (χ4n) is 4.05. The molecule has 7 nitrogen and oxygen atoms in total. The highest BCUT2D eigenvalue weighted by molar-refractivity contribution is 9.11. The van der Waals surface area contributed by atoms with Crippen LogP contribution in [0.15, 0.2) is 34.2 Å². The summed E-state index contributed by atoms with van der Waals surface area (Å²) in [5.74, 6) is 0.885. The summed E-state index contributed by atoms with van der Waals surface area (Å²) < 4.78 is 8.09. The first-order chi connectivity index (χ1) is 15.5. The van der Waals surface area contributed by atoms with Gasteiger partial charge < -0.3 is 19.5 Å². The van der Waals surface area contributed by atoms with E-state index < -0.39 is 0 Å². The van der Waals surface area contributed by atoms with Crippen molar-refractivity contribution in [1.29, 1.82) is 0 Å². The second-order valence-corrected chi connectivity index (χ2v) is 10.2. The van der Waals surface area contributed by atoms with Gasteiger partial charge in [-0.15, -0.1) is 0 Å². The highest BCUT2D eigenvalue weighted by atomic mass is 79.9. The summed E-state index contributed by atoms with van der Waals surface area (Å²) in [7, 11) is 1.65. The largest absolute Gasteiger partial charge is 0.497 e. The number of ether oxygens (including phenoxy) is 1. The van der Waals surface area contributed by atoms with Gasteiger partial charge in [0, 0.05) is 32.1 Å². The number of halogens is 1. The second kappa shape index (κ2) is 10.0. The Morgan fingerprint density at radius 1 is 1.25 bits per heavy atom. The molecule has 0 unspecified atom stereocenters. The number of hydrogen-bond donors (Lipinski definition) is 1. The molecule has 0 bridgehead atoms. The number of carbonyl (C=O) groups is 2. The van der Waals surface area contributed by atoms with E-state index in [1.165, 1.54) is 11.3 Å². The van der Waals surface area contributed by atoms with E-state index >= 15 is 0 Å². The molecule has 3 heterocycles. The van der Waals surface area contributed by atoms with Crippen LogP contribution in [0.1, 0.15) is 42.2 Å². The number of nitrogens with zero attached hydrogens (tertiary/aromatic N) is 3. The Kier molecular flexibility index (Phi) is 7.15. The van der Waals surface area contributed by atoms with Crippen molar-refractivity contribution in [3.05, 3.63) is 45.5 Å². The minimum Gasteiger partial charge on any atom is -0.497 e. The molecule has 1 aliphatic rings. The maximum atomic E-state index is 13.5. The van der Waals surface area contributed by atoms with Crippen LogP contribution in [0, 0.1) is 5.92 Å². The summed E-state index contributed by atoms with van der Waals surface area (Å²) in [5, 5.41) is 2.98. The molecule has 0 saturated carbocycles. The topological polar surface area (TPSA) is 76.5 Å². The number of amides is 2. The zero-order chi connectivity index (χ0) is 22.7. The van der Waals surface area contributed by atoms with Gasteiger partial charge in [0.2, 0.25) is 5.91 Å². The monoisotopic (exact) mass is 518 g/mol. The third kappa shape index (κ3) is 4.83. The molecule has 1 aliphatic heterocycles. The van der Waals surface area contributed by atoms with Crippen LogP contribution in [0.5, 0.6) is 5.75 Å². The zero-order valence-electron chi connectivity index (χ0n) is 18.3. The molecule has 32 heavy (non-hydrogen) atoms.